The molecule has 2 aromatic carbocycles. The first-order valence-corrected chi connectivity index (χ1v) is 13.2. The summed E-state index contributed by atoms with van der Waals surface area (Å²) in [4.78, 5) is 8.62. The van der Waals surface area contributed by atoms with Gasteiger partial charge in [0.25, 0.3) is 11.8 Å². The van der Waals surface area contributed by atoms with Crippen molar-refractivity contribution in [2.45, 2.75) is 43.3 Å². The van der Waals surface area contributed by atoms with Crippen LogP contribution in [0.2, 0.25) is 0 Å². The zero-order valence-electron chi connectivity index (χ0n) is 20.5. The summed E-state index contributed by atoms with van der Waals surface area (Å²) in [7, 11) is -3.68. The molecular formula is C25H25F3N6O3S. The standard InChI is InChI=1S/C25H25F3N6O3S/c1-14(9-10-26)38(35,36)18-6-4-17(5-7-18)21-13-31-23(29)22(32-21)25-34-33-24(37-25)19-8-3-16(11-20(19)28)12-30-15(2)27/h3-8,11,13-15,30H,9-10,12H2,1-2H3,(H2,29,31). The molecule has 0 saturated heterocycles. The average molecular weight is 547 g/mol. The second-order valence-corrected chi connectivity index (χ2v) is 10.9. The monoisotopic (exact) mass is 546 g/mol. The Morgan fingerprint density at radius 2 is 1.79 bits per heavy atom. The second-order valence-electron chi connectivity index (χ2n) is 8.57. The van der Waals surface area contributed by atoms with Gasteiger partial charge in [0.15, 0.2) is 21.3 Å². The van der Waals surface area contributed by atoms with Crippen LogP contribution in [0, 0.1) is 5.82 Å². The van der Waals surface area contributed by atoms with E-state index < -0.39 is 33.9 Å². The lowest BCUT2D eigenvalue weighted by Gasteiger charge is -2.12. The first-order valence-electron chi connectivity index (χ1n) is 11.6. The fraction of sp³-hybridized carbons (Fsp3) is 0.280. The normalized spacial score (nSPS) is 13.4. The fourth-order valence-corrected chi connectivity index (χ4v) is 4.96. The number of sulfone groups is 1. The maximum atomic E-state index is 14.7. The van der Waals surface area contributed by atoms with Crippen LogP contribution in [0.25, 0.3) is 34.3 Å². The molecule has 38 heavy (non-hydrogen) atoms. The van der Waals surface area contributed by atoms with E-state index in [1.165, 1.54) is 44.3 Å². The lowest BCUT2D eigenvalue weighted by Crippen LogP contribution is -2.20. The number of nitrogens with zero attached hydrogens (tertiary/aromatic N) is 4. The number of halogens is 3. The molecule has 0 saturated carbocycles. The molecule has 2 aromatic heterocycles. The summed E-state index contributed by atoms with van der Waals surface area (Å²) in [5.41, 5.74) is 7.50. The van der Waals surface area contributed by atoms with Gasteiger partial charge in [0, 0.05) is 12.1 Å². The van der Waals surface area contributed by atoms with E-state index in [2.05, 4.69) is 25.5 Å². The summed E-state index contributed by atoms with van der Waals surface area (Å²) < 4.78 is 71.1. The van der Waals surface area contributed by atoms with Crippen molar-refractivity contribution in [3.8, 4) is 34.3 Å². The van der Waals surface area contributed by atoms with E-state index in [0.29, 0.717) is 16.8 Å². The van der Waals surface area contributed by atoms with Crippen molar-refractivity contribution in [1.82, 2.24) is 25.5 Å². The Labute approximate surface area is 217 Å². The highest BCUT2D eigenvalue weighted by Crippen LogP contribution is 2.30. The number of aromatic nitrogens is 4. The number of hydrogen-bond acceptors (Lipinski definition) is 9. The molecule has 0 amide bonds. The van der Waals surface area contributed by atoms with Crippen molar-refractivity contribution >= 4 is 15.7 Å². The van der Waals surface area contributed by atoms with Crippen molar-refractivity contribution in [2.24, 2.45) is 0 Å². The zero-order chi connectivity index (χ0) is 27.4. The van der Waals surface area contributed by atoms with Crippen LogP contribution < -0.4 is 11.1 Å². The number of rotatable bonds is 10. The van der Waals surface area contributed by atoms with Crippen molar-refractivity contribution in [3.05, 3.63) is 60.0 Å². The SMILES string of the molecule is CC(F)NCc1ccc(-c2nnc(-c3nc(-c4ccc(S(=O)(=O)C(C)CCF)cc4)cnc3N)o2)c(F)c1. The van der Waals surface area contributed by atoms with Gasteiger partial charge in [-0.15, -0.1) is 10.2 Å². The van der Waals surface area contributed by atoms with Gasteiger partial charge in [-0.3, -0.25) is 9.71 Å². The Kier molecular flexibility index (Phi) is 8.07. The van der Waals surface area contributed by atoms with Crippen LogP contribution in [-0.4, -0.2) is 46.8 Å². The molecule has 2 atom stereocenters. The summed E-state index contributed by atoms with van der Waals surface area (Å²) in [6.07, 6.45) is 0.0728. The fourth-order valence-electron chi connectivity index (χ4n) is 3.58. The molecule has 0 radical (unpaired) electrons. The second kappa shape index (κ2) is 11.3. The molecule has 0 fully saturated rings. The Hall–Kier alpha value is -3.84. The third-order valence-electron chi connectivity index (χ3n) is 5.80. The molecule has 9 nitrogen and oxygen atoms in total. The summed E-state index contributed by atoms with van der Waals surface area (Å²) in [6.45, 7) is 2.22. The summed E-state index contributed by atoms with van der Waals surface area (Å²) in [5.74, 6) is -0.845. The Bertz CT molecular complexity index is 1530. The van der Waals surface area contributed by atoms with E-state index in [1.54, 1.807) is 18.2 Å². The highest BCUT2D eigenvalue weighted by atomic mass is 32.2. The highest BCUT2D eigenvalue weighted by molar-refractivity contribution is 7.92. The van der Waals surface area contributed by atoms with E-state index in [9.17, 15) is 21.6 Å². The molecule has 4 aromatic rings. The van der Waals surface area contributed by atoms with Crippen LogP contribution in [0.4, 0.5) is 19.0 Å². The Morgan fingerprint density at radius 3 is 2.45 bits per heavy atom. The number of nitrogens with two attached hydrogens (primary N) is 1. The minimum Gasteiger partial charge on any atom is -0.414 e. The number of benzene rings is 2. The van der Waals surface area contributed by atoms with Gasteiger partial charge in [0.1, 0.15) is 12.1 Å². The third-order valence-corrected chi connectivity index (χ3v) is 8.03. The molecule has 3 N–H and O–H groups in total. The molecule has 13 heteroatoms. The number of nitrogen functional groups attached to an aromatic ring is 1. The predicted molar refractivity (Wildman–Crippen MR) is 135 cm³/mol. The van der Waals surface area contributed by atoms with Gasteiger partial charge in [-0.2, -0.15) is 0 Å². The van der Waals surface area contributed by atoms with Crippen molar-refractivity contribution in [3.63, 3.8) is 0 Å². The van der Waals surface area contributed by atoms with Gasteiger partial charge < -0.3 is 10.2 Å². The van der Waals surface area contributed by atoms with Gasteiger partial charge in [-0.1, -0.05) is 18.2 Å². The zero-order valence-corrected chi connectivity index (χ0v) is 21.3. The molecule has 0 aliphatic carbocycles. The number of anilines is 1. The van der Waals surface area contributed by atoms with Crippen LogP contribution in [-0.2, 0) is 16.4 Å². The van der Waals surface area contributed by atoms with Crippen LogP contribution >= 0.6 is 0 Å². The molecule has 0 aliphatic rings. The summed E-state index contributed by atoms with van der Waals surface area (Å²) >= 11 is 0. The first-order chi connectivity index (χ1) is 18.1. The van der Waals surface area contributed by atoms with Crippen molar-refractivity contribution in [2.75, 3.05) is 12.4 Å². The lowest BCUT2D eigenvalue weighted by molar-refractivity contribution is 0.296. The van der Waals surface area contributed by atoms with Gasteiger partial charge in [0.05, 0.1) is 34.3 Å². The highest BCUT2D eigenvalue weighted by Gasteiger charge is 2.23. The van der Waals surface area contributed by atoms with E-state index in [-0.39, 0.29) is 46.7 Å². The minimum atomic E-state index is -3.68. The molecule has 0 spiro atoms. The molecule has 0 aliphatic heterocycles. The first kappa shape index (κ1) is 27.2. The quantitative estimate of drug-likeness (QED) is 0.275. The summed E-state index contributed by atoms with van der Waals surface area (Å²) in [5, 5.41) is 9.52. The van der Waals surface area contributed by atoms with Crippen LogP contribution in [0.5, 0.6) is 0 Å². The van der Waals surface area contributed by atoms with Crippen LogP contribution in [0.1, 0.15) is 25.8 Å². The van der Waals surface area contributed by atoms with Crippen LogP contribution in [0.15, 0.2) is 58.0 Å². The molecule has 2 heterocycles. The third kappa shape index (κ3) is 5.83. The lowest BCUT2D eigenvalue weighted by atomic mass is 10.1. The molecule has 200 valence electrons. The van der Waals surface area contributed by atoms with Gasteiger partial charge in [-0.05, 0) is 50.1 Å². The molecule has 0 bridgehead atoms. The topological polar surface area (TPSA) is 137 Å². The van der Waals surface area contributed by atoms with Crippen molar-refractivity contribution < 1.29 is 26.0 Å². The summed E-state index contributed by atoms with van der Waals surface area (Å²) in [6, 6.07) is 10.2. The van der Waals surface area contributed by atoms with Crippen molar-refractivity contribution in [1.29, 1.82) is 0 Å². The smallest absolute Gasteiger partial charge is 0.270 e. The number of nitrogens with one attached hydrogen (secondary N) is 1. The molecular weight excluding hydrogens is 521 g/mol. The predicted octanol–water partition coefficient (Wildman–Crippen LogP) is 4.51. The van der Waals surface area contributed by atoms with E-state index in [1.807, 2.05) is 0 Å². The van der Waals surface area contributed by atoms with E-state index >= 15 is 0 Å². The molecule has 4 rings (SSSR count). The Morgan fingerprint density at radius 1 is 1.08 bits per heavy atom. The van der Waals surface area contributed by atoms with E-state index in [4.69, 9.17) is 10.2 Å². The largest absolute Gasteiger partial charge is 0.414 e. The minimum absolute atomic E-state index is 0.00886. The maximum absolute atomic E-state index is 14.7. The van der Waals surface area contributed by atoms with Gasteiger partial charge in [0.2, 0.25) is 0 Å². The van der Waals surface area contributed by atoms with Crippen LogP contribution in [0.3, 0.4) is 0 Å². The Balaban J connectivity index is 1.59. The van der Waals surface area contributed by atoms with Gasteiger partial charge in [-0.25, -0.2) is 27.2 Å². The molecule has 2 unspecified atom stereocenters. The average Bonchev–Trinajstić information content (AvgIpc) is 3.37. The number of hydrogen-bond donors (Lipinski definition) is 2. The number of alkyl halides is 2. The maximum Gasteiger partial charge on any atom is 0.270 e. The van der Waals surface area contributed by atoms with Gasteiger partial charge >= 0.3 is 0 Å². The van der Waals surface area contributed by atoms with E-state index in [0.717, 1.165) is 0 Å².